The molecule has 0 bridgehead atoms. The van der Waals surface area contributed by atoms with Gasteiger partial charge in [0.1, 0.15) is 24.8 Å². The topological polar surface area (TPSA) is 111 Å². The van der Waals surface area contributed by atoms with Gasteiger partial charge in [-0.25, -0.2) is 14.2 Å². The first-order chi connectivity index (χ1) is 15.4. The van der Waals surface area contributed by atoms with Crippen LogP contribution in [0, 0.1) is 11.7 Å². The summed E-state index contributed by atoms with van der Waals surface area (Å²) in [6.07, 6.45) is 2.96. The van der Waals surface area contributed by atoms with Crippen molar-refractivity contribution in [1.82, 2.24) is 29.9 Å². The SMILES string of the molecule is COCc1nnc(C2CC(C)CCN2C(=O)Nc2cc(-c3ncn(C)n3)c(Cl)cc2F)o1. The lowest BCUT2D eigenvalue weighted by atomic mass is 9.92. The molecule has 170 valence electrons. The predicted octanol–water partition coefficient (Wildman–Crippen LogP) is 3.81. The number of urea groups is 1. The number of piperidine rings is 1. The van der Waals surface area contributed by atoms with Gasteiger partial charge >= 0.3 is 6.03 Å². The van der Waals surface area contributed by atoms with Gasteiger partial charge < -0.3 is 19.4 Å². The van der Waals surface area contributed by atoms with Gasteiger partial charge in [0.2, 0.25) is 11.8 Å². The Bertz CT molecular complexity index is 1120. The summed E-state index contributed by atoms with van der Waals surface area (Å²) in [4.78, 5) is 18.9. The number of carbonyl (C=O) groups excluding carboxylic acids is 1. The number of amides is 2. The number of anilines is 1. The lowest BCUT2D eigenvalue weighted by molar-refractivity contribution is 0.118. The zero-order valence-corrected chi connectivity index (χ0v) is 18.6. The van der Waals surface area contributed by atoms with E-state index < -0.39 is 17.9 Å². The fraction of sp³-hybridized carbons (Fsp3) is 0.450. The lowest BCUT2D eigenvalue weighted by Crippen LogP contribution is -2.43. The van der Waals surface area contributed by atoms with Crippen LogP contribution in [0.1, 0.15) is 37.6 Å². The Morgan fingerprint density at radius 2 is 2.22 bits per heavy atom. The summed E-state index contributed by atoms with van der Waals surface area (Å²) in [5, 5.41) is 15.0. The summed E-state index contributed by atoms with van der Waals surface area (Å²) in [5.41, 5.74) is 0.388. The first kappa shape index (κ1) is 22.2. The molecular formula is C20H23ClFN7O3. The number of likely N-dealkylation sites (tertiary alicyclic amines) is 1. The Morgan fingerprint density at radius 1 is 1.41 bits per heavy atom. The molecule has 4 rings (SSSR count). The van der Waals surface area contributed by atoms with Crippen molar-refractivity contribution in [3.63, 3.8) is 0 Å². The summed E-state index contributed by atoms with van der Waals surface area (Å²) >= 11 is 6.19. The van der Waals surface area contributed by atoms with E-state index in [9.17, 15) is 9.18 Å². The Labute approximate surface area is 188 Å². The molecule has 0 radical (unpaired) electrons. The highest BCUT2D eigenvalue weighted by molar-refractivity contribution is 6.33. The number of halogens is 2. The number of aromatic nitrogens is 5. The molecule has 0 spiro atoms. The minimum atomic E-state index is -0.662. The molecule has 0 aliphatic carbocycles. The first-order valence-corrected chi connectivity index (χ1v) is 10.5. The third kappa shape index (κ3) is 4.58. The molecule has 0 saturated carbocycles. The quantitative estimate of drug-likeness (QED) is 0.612. The van der Waals surface area contributed by atoms with Gasteiger partial charge in [0.05, 0.1) is 10.7 Å². The van der Waals surface area contributed by atoms with Gasteiger partial charge in [-0.05, 0) is 30.9 Å². The largest absolute Gasteiger partial charge is 0.420 e. The van der Waals surface area contributed by atoms with Crippen molar-refractivity contribution < 1.29 is 18.3 Å². The maximum absolute atomic E-state index is 14.6. The van der Waals surface area contributed by atoms with Crippen LogP contribution in [-0.4, -0.2) is 49.5 Å². The van der Waals surface area contributed by atoms with E-state index in [4.69, 9.17) is 20.8 Å². The van der Waals surface area contributed by atoms with Gasteiger partial charge in [-0.15, -0.1) is 10.2 Å². The second kappa shape index (κ2) is 9.21. The summed E-state index contributed by atoms with van der Waals surface area (Å²) in [5.74, 6) is 0.682. The summed E-state index contributed by atoms with van der Waals surface area (Å²) < 4.78 is 26.8. The number of nitrogens with one attached hydrogen (secondary N) is 1. The van der Waals surface area contributed by atoms with Crippen LogP contribution in [0.2, 0.25) is 5.02 Å². The van der Waals surface area contributed by atoms with Crippen LogP contribution >= 0.6 is 11.6 Å². The van der Waals surface area contributed by atoms with Crippen molar-refractivity contribution in [1.29, 1.82) is 0 Å². The minimum absolute atomic E-state index is 0.0233. The Morgan fingerprint density at radius 3 is 2.94 bits per heavy atom. The molecule has 2 atom stereocenters. The van der Waals surface area contributed by atoms with Gasteiger partial charge in [0.25, 0.3) is 0 Å². The molecule has 10 nitrogen and oxygen atoms in total. The van der Waals surface area contributed by atoms with Crippen LogP contribution in [0.3, 0.4) is 0 Å². The summed E-state index contributed by atoms with van der Waals surface area (Å²) in [6.45, 7) is 2.74. The van der Waals surface area contributed by atoms with Crippen molar-refractivity contribution >= 4 is 23.3 Å². The van der Waals surface area contributed by atoms with Gasteiger partial charge in [0.15, 0.2) is 5.82 Å². The fourth-order valence-corrected chi connectivity index (χ4v) is 3.90. The molecule has 12 heteroatoms. The molecule has 2 amide bonds. The van der Waals surface area contributed by atoms with Crippen LogP contribution in [0.25, 0.3) is 11.4 Å². The Kier molecular flexibility index (Phi) is 6.38. The number of carbonyl (C=O) groups is 1. The molecular weight excluding hydrogens is 441 g/mol. The standard InChI is InChI=1S/C20H23ClFN7O3/c1-11-4-5-29(16(6-11)19-26-25-17(32-19)9-31-3)20(30)24-15-7-12(13(21)8-14(15)22)18-23-10-28(2)27-18/h7-8,10-11,16H,4-6,9H2,1-3H3,(H,24,30). The van der Waals surface area contributed by atoms with Gasteiger partial charge in [0, 0.05) is 26.3 Å². The van der Waals surface area contributed by atoms with Crippen LogP contribution in [0.4, 0.5) is 14.9 Å². The second-order valence-electron chi connectivity index (χ2n) is 7.79. The maximum Gasteiger partial charge on any atom is 0.322 e. The summed E-state index contributed by atoms with van der Waals surface area (Å²) in [6, 6.07) is 1.66. The van der Waals surface area contributed by atoms with E-state index in [1.807, 2.05) is 0 Å². The van der Waals surface area contributed by atoms with Crippen LogP contribution < -0.4 is 5.32 Å². The zero-order chi connectivity index (χ0) is 22.8. The van der Waals surface area contributed by atoms with Crippen molar-refractivity contribution in [2.24, 2.45) is 13.0 Å². The van der Waals surface area contributed by atoms with Crippen LogP contribution in [0.5, 0.6) is 0 Å². The molecule has 2 aromatic heterocycles. The predicted molar refractivity (Wildman–Crippen MR) is 113 cm³/mol. The number of rotatable bonds is 5. The molecule has 1 aliphatic rings. The highest BCUT2D eigenvalue weighted by Gasteiger charge is 2.35. The third-order valence-electron chi connectivity index (χ3n) is 5.30. The smallest absolute Gasteiger partial charge is 0.322 e. The number of nitrogens with zero attached hydrogens (tertiary/aromatic N) is 6. The normalized spacial score (nSPS) is 18.7. The van der Waals surface area contributed by atoms with E-state index in [1.165, 1.54) is 24.2 Å². The van der Waals surface area contributed by atoms with E-state index in [1.54, 1.807) is 11.9 Å². The van der Waals surface area contributed by atoms with Gasteiger partial charge in [-0.2, -0.15) is 5.10 Å². The van der Waals surface area contributed by atoms with E-state index in [0.717, 1.165) is 12.5 Å². The average Bonchev–Trinajstić information content (AvgIpc) is 3.39. The number of ether oxygens (including phenoxy) is 1. The average molecular weight is 464 g/mol. The number of aryl methyl sites for hydroxylation is 1. The Balaban J connectivity index is 1.59. The highest BCUT2D eigenvalue weighted by Crippen LogP contribution is 2.35. The molecule has 1 saturated heterocycles. The third-order valence-corrected chi connectivity index (χ3v) is 5.61. The number of hydrogen-bond donors (Lipinski definition) is 1. The van der Waals surface area contributed by atoms with E-state index in [0.29, 0.717) is 42.1 Å². The van der Waals surface area contributed by atoms with Gasteiger partial charge in [-0.3, -0.25) is 4.68 Å². The molecule has 32 heavy (non-hydrogen) atoms. The monoisotopic (exact) mass is 463 g/mol. The number of benzene rings is 1. The molecule has 1 fully saturated rings. The van der Waals surface area contributed by atoms with Crippen molar-refractivity contribution in [2.75, 3.05) is 19.0 Å². The molecule has 2 unspecified atom stereocenters. The van der Waals surface area contributed by atoms with Crippen LogP contribution in [0.15, 0.2) is 22.9 Å². The van der Waals surface area contributed by atoms with E-state index in [-0.39, 0.29) is 17.3 Å². The fourth-order valence-electron chi connectivity index (χ4n) is 3.67. The lowest BCUT2D eigenvalue weighted by Gasteiger charge is -2.36. The van der Waals surface area contributed by atoms with E-state index in [2.05, 4.69) is 32.5 Å². The van der Waals surface area contributed by atoms with Crippen molar-refractivity contribution in [2.45, 2.75) is 32.4 Å². The summed E-state index contributed by atoms with van der Waals surface area (Å²) in [7, 11) is 3.24. The Hall–Kier alpha value is -3.05. The molecule has 1 N–H and O–H groups in total. The highest BCUT2D eigenvalue weighted by atomic mass is 35.5. The molecule has 1 aliphatic heterocycles. The number of methoxy groups -OCH3 is 1. The van der Waals surface area contributed by atoms with Crippen molar-refractivity contribution in [3.05, 3.63) is 41.1 Å². The van der Waals surface area contributed by atoms with Crippen molar-refractivity contribution in [3.8, 4) is 11.4 Å². The zero-order valence-electron chi connectivity index (χ0n) is 17.9. The molecule has 3 aromatic rings. The molecule has 3 heterocycles. The first-order valence-electron chi connectivity index (χ1n) is 10.1. The maximum atomic E-state index is 14.6. The van der Waals surface area contributed by atoms with E-state index >= 15 is 0 Å². The van der Waals surface area contributed by atoms with Crippen LogP contribution in [-0.2, 0) is 18.4 Å². The minimum Gasteiger partial charge on any atom is -0.420 e. The molecule has 1 aromatic carbocycles. The van der Waals surface area contributed by atoms with Gasteiger partial charge in [-0.1, -0.05) is 18.5 Å². The second-order valence-corrected chi connectivity index (χ2v) is 8.20. The number of hydrogen-bond acceptors (Lipinski definition) is 7.